The normalized spacial score (nSPS) is 13.8. The van der Waals surface area contributed by atoms with Crippen molar-refractivity contribution in [3.05, 3.63) is 126 Å². The quantitative estimate of drug-likeness (QED) is 0.313. The number of allylic oxidation sites excluding steroid dienone is 3. The fourth-order valence-electron chi connectivity index (χ4n) is 5.03. The molecule has 33 heavy (non-hydrogen) atoms. The summed E-state index contributed by atoms with van der Waals surface area (Å²) in [7, 11) is 0. The molecule has 1 heteroatoms. The van der Waals surface area contributed by atoms with Crippen LogP contribution in [0.4, 0.5) is 11.4 Å². The lowest BCUT2D eigenvalue weighted by molar-refractivity contribution is 0.660. The molecule has 0 saturated carbocycles. The fraction of sp³-hybridized carbons (Fsp3) is 0.125. The maximum atomic E-state index is 4.03. The lowest BCUT2D eigenvalue weighted by atomic mass is 9.82. The fourth-order valence-corrected chi connectivity index (χ4v) is 5.03. The number of hydrogen-bond acceptors (Lipinski definition) is 1. The second kappa shape index (κ2) is 8.26. The van der Waals surface area contributed by atoms with Gasteiger partial charge in [-0.3, -0.25) is 0 Å². The molecule has 0 bridgehead atoms. The summed E-state index contributed by atoms with van der Waals surface area (Å²) in [6.45, 7) is 10.7. The van der Waals surface area contributed by atoms with Crippen molar-refractivity contribution in [1.82, 2.24) is 0 Å². The minimum absolute atomic E-state index is 0.0199. The highest BCUT2D eigenvalue weighted by Gasteiger charge is 2.35. The first-order chi connectivity index (χ1) is 16.0. The van der Waals surface area contributed by atoms with E-state index in [1.54, 1.807) is 0 Å². The van der Waals surface area contributed by atoms with E-state index in [0.717, 1.165) is 22.5 Å². The molecule has 0 unspecified atom stereocenters. The van der Waals surface area contributed by atoms with Gasteiger partial charge >= 0.3 is 0 Å². The topological polar surface area (TPSA) is 12.0 Å². The third-order valence-corrected chi connectivity index (χ3v) is 6.83. The van der Waals surface area contributed by atoms with Crippen molar-refractivity contribution in [3.8, 4) is 22.3 Å². The second-order valence-electron chi connectivity index (χ2n) is 9.13. The highest BCUT2D eigenvalue weighted by molar-refractivity contribution is 5.88. The predicted octanol–water partition coefficient (Wildman–Crippen LogP) is 8.99. The zero-order chi connectivity index (χ0) is 23.0. The summed E-state index contributed by atoms with van der Waals surface area (Å²) < 4.78 is 0. The number of fused-ring (bicyclic) bond motifs is 3. The summed E-state index contributed by atoms with van der Waals surface area (Å²) in [6.07, 6.45) is 4.03. The van der Waals surface area contributed by atoms with Crippen molar-refractivity contribution in [1.29, 1.82) is 0 Å². The molecule has 0 amide bonds. The number of nitrogens with one attached hydrogen (secondary N) is 1. The Hall–Kier alpha value is -3.84. The Labute approximate surface area is 197 Å². The van der Waals surface area contributed by atoms with Crippen LogP contribution in [-0.2, 0) is 5.41 Å². The molecule has 4 aromatic carbocycles. The van der Waals surface area contributed by atoms with Gasteiger partial charge in [0.05, 0.1) is 0 Å². The lowest BCUT2D eigenvalue weighted by Crippen LogP contribution is -2.15. The van der Waals surface area contributed by atoms with Crippen LogP contribution in [0.2, 0.25) is 0 Å². The van der Waals surface area contributed by atoms with Gasteiger partial charge < -0.3 is 5.32 Å². The van der Waals surface area contributed by atoms with Gasteiger partial charge in [0.2, 0.25) is 0 Å². The Bertz CT molecular complexity index is 1370. The van der Waals surface area contributed by atoms with Crippen LogP contribution < -0.4 is 5.32 Å². The van der Waals surface area contributed by atoms with Crippen LogP contribution in [-0.4, -0.2) is 0 Å². The van der Waals surface area contributed by atoms with E-state index < -0.39 is 0 Å². The third kappa shape index (κ3) is 3.60. The Morgan fingerprint density at radius 3 is 2.24 bits per heavy atom. The van der Waals surface area contributed by atoms with Crippen LogP contribution in [0.1, 0.15) is 37.5 Å². The van der Waals surface area contributed by atoms with Crippen molar-refractivity contribution in [2.24, 2.45) is 0 Å². The third-order valence-electron chi connectivity index (χ3n) is 6.83. The molecule has 1 N–H and O–H groups in total. The van der Waals surface area contributed by atoms with Crippen molar-refractivity contribution in [2.75, 3.05) is 5.32 Å². The molecular weight excluding hydrogens is 398 g/mol. The van der Waals surface area contributed by atoms with Crippen LogP contribution in [0.15, 0.2) is 110 Å². The number of benzene rings is 4. The van der Waals surface area contributed by atoms with E-state index in [4.69, 9.17) is 0 Å². The molecule has 0 heterocycles. The van der Waals surface area contributed by atoms with Gasteiger partial charge in [-0.05, 0) is 64.1 Å². The highest BCUT2D eigenvalue weighted by atomic mass is 14.9. The molecule has 0 atom stereocenters. The van der Waals surface area contributed by atoms with Gasteiger partial charge in [-0.1, -0.05) is 105 Å². The van der Waals surface area contributed by atoms with Crippen molar-refractivity contribution in [3.63, 3.8) is 0 Å². The van der Waals surface area contributed by atoms with Gasteiger partial charge in [0.25, 0.3) is 0 Å². The van der Waals surface area contributed by atoms with Crippen molar-refractivity contribution >= 4 is 16.9 Å². The molecule has 0 saturated heterocycles. The van der Waals surface area contributed by atoms with Gasteiger partial charge in [-0.15, -0.1) is 0 Å². The predicted molar refractivity (Wildman–Crippen MR) is 143 cm³/mol. The maximum Gasteiger partial charge on any atom is 0.0470 e. The van der Waals surface area contributed by atoms with Gasteiger partial charge in [0.15, 0.2) is 0 Å². The van der Waals surface area contributed by atoms with E-state index in [2.05, 4.69) is 130 Å². The van der Waals surface area contributed by atoms with Crippen LogP contribution in [0.5, 0.6) is 0 Å². The van der Waals surface area contributed by atoms with Crippen LogP contribution in [0.25, 0.3) is 27.8 Å². The van der Waals surface area contributed by atoms with Crippen LogP contribution in [0, 0.1) is 0 Å². The van der Waals surface area contributed by atoms with Gasteiger partial charge in [-0.2, -0.15) is 0 Å². The molecule has 5 rings (SSSR count). The molecule has 0 aromatic heterocycles. The molecule has 1 aliphatic carbocycles. The summed E-state index contributed by atoms with van der Waals surface area (Å²) >= 11 is 0. The van der Waals surface area contributed by atoms with Crippen molar-refractivity contribution < 1.29 is 0 Å². The summed E-state index contributed by atoms with van der Waals surface area (Å²) in [6, 6.07) is 32.7. The van der Waals surface area contributed by atoms with E-state index in [1.807, 2.05) is 6.08 Å². The first-order valence-electron chi connectivity index (χ1n) is 11.5. The summed E-state index contributed by atoms with van der Waals surface area (Å²) in [4.78, 5) is 0. The number of hydrogen-bond donors (Lipinski definition) is 1. The zero-order valence-corrected chi connectivity index (χ0v) is 19.5. The molecule has 0 aliphatic heterocycles. The maximum absolute atomic E-state index is 4.03. The Kier molecular flexibility index (Phi) is 5.26. The van der Waals surface area contributed by atoms with Gasteiger partial charge in [-0.25, -0.2) is 0 Å². The Morgan fingerprint density at radius 1 is 0.758 bits per heavy atom. The molecule has 162 valence electrons. The summed E-state index contributed by atoms with van der Waals surface area (Å²) in [5.74, 6) is 0. The molecular formula is C32H29N. The largest absolute Gasteiger partial charge is 0.355 e. The lowest BCUT2D eigenvalue weighted by Gasteiger charge is -2.22. The van der Waals surface area contributed by atoms with E-state index in [-0.39, 0.29) is 5.41 Å². The molecule has 0 radical (unpaired) electrons. The van der Waals surface area contributed by atoms with E-state index >= 15 is 0 Å². The minimum atomic E-state index is -0.0199. The Balaban J connectivity index is 1.59. The molecule has 0 fully saturated rings. The first-order valence-corrected chi connectivity index (χ1v) is 11.5. The van der Waals surface area contributed by atoms with Crippen LogP contribution in [0.3, 0.4) is 0 Å². The molecule has 4 aromatic rings. The minimum Gasteiger partial charge on any atom is -0.355 e. The van der Waals surface area contributed by atoms with E-state index in [0.29, 0.717) is 0 Å². The second-order valence-corrected chi connectivity index (χ2v) is 9.13. The smallest absolute Gasteiger partial charge is 0.0470 e. The SMILES string of the molecule is C=C/C(=C\C)c1ccc(-c2ccccc2)cc1Nc1ccc2c(c1)C(C)(C)c1ccccc1-2. The van der Waals surface area contributed by atoms with Gasteiger partial charge in [0, 0.05) is 22.4 Å². The summed E-state index contributed by atoms with van der Waals surface area (Å²) in [5.41, 5.74) is 12.3. The molecule has 1 aliphatic rings. The standard InChI is InChI=1S/C32H29N/c1-5-22(6-2)26-18-16-24(23-12-8-7-9-13-23)20-31(26)33-25-17-19-28-27-14-10-11-15-29(27)32(3,4)30(28)21-25/h5-21,33H,1H2,2-4H3/b22-6+. The molecule has 0 spiro atoms. The number of anilines is 2. The average Bonchev–Trinajstić information content (AvgIpc) is 3.08. The Morgan fingerprint density at radius 2 is 1.48 bits per heavy atom. The highest BCUT2D eigenvalue weighted by Crippen LogP contribution is 2.49. The monoisotopic (exact) mass is 427 g/mol. The van der Waals surface area contributed by atoms with Crippen molar-refractivity contribution in [2.45, 2.75) is 26.2 Å². The van der Waals surface area contributed by atoms with Gasteiger partial charge in [0.1, 0.15) is 0 Å². The number of rotatable bonds is 5. The average molecular weight is 428 g/mol. The zero-order valence-electron chi connectivity index (χ0n) is 19.5. The summed E-state index contributed by atoms with van der Waals surface area (Å²) in [5, 5.41) is 3.74. The molecule has 1 nitrogen and oxygen atoms in total. The van der Waals surface area contributed by atoms with E-state index in [9.17, 15) is 0 Å². The first kappa shape index (κ1) is 21.0. The van der Waals surface area contributed by atoms with E-state index in [1.165, 1.54) is 33.4 Å². The van der Waals surface area contributed by atoms with Crippen LogP contribution >= 0.6 is 0 Å².